The summed E-state index contributed by atoms with van der Waals surface area (Å²) in [6.45, 7) is 4.61. The van der Waals surface area contributed by atoms with Crippen molar-refractivity contribution < 1.29 is 0 Å². The van der Waals surface area contributed by atoms with Gasteiger partial charge in [-0.15, -0.1) is 0 Å². The molecule has 0 nitrogen and oxygen atoms in total. The van der Waals surface area contributed by atoms with E-state index in [0.717, 1.165) is 16.6 Å². The maximum Gasteiger partial charge on any atom is 0.0187 e. The Hall–Kier alpha value is -0.0000000000000000555. The van der Waals surface area contributed by atoms with Crippen LogP contribution in [0.25, 0.3) is 0 Å². The van der Waals surface area contributed by atoms with Gasteiger partial charge < -0.3 is 0 Å². The van der Waals surface area contributed by atoms with Crippen molar-refractivity contribution in [3.63, 3.8) is 0 Å². The van der Waals surface area contributed by atoms with Gasteiger partial charge in [-0.3, -0.25) is 0 Å². The standard InChI is InChI=1S/C23H37PS/c1-19(2)25-18-21-11-9-10-20(16-21)17-24(22-12-5-3-6-13-22)23-14-7-4-8-15-23/h9-11,16,19,22-23H,3-8,12-15,17-18H2,1-2H3. The molecule has 2 fully saturated rings. The maximum absolute atomic E-state index is 2.54. The summed E-state index contributed by atoms with van der Waals surface area (Å²) in [5.41, 5.74) is 5.32. The third kappa shape index (κ3) is 6.28. The van der Waals surface area contributed by atoms with Gasteiger partial charge in [-0.05, 0) is 59.5 Å². The average Bonchev–Trinajstić information content (AvgIpc) is 2.66. The molecule has 140 valence electrons. The topological polar surface area (TPSA) is 0 Å². The van der Waals surface area contributed by atoms with Crippen LogP contribution in [0.4, 0.5) is 0 Å². The van der Waals surface area contributed by atoms with Crippen LogP contribution in [-0.4, -0.2) is 16.6 Å². The molecule has 0 atom stereocenters. The number of hydrogen-bond donors (Lipinski definition) is 0. The summed E-state index contributed by atoms with van der Waals surface area (Å²) in [4.78, 5) is 0. The zero-order valence-electron chi connectivity index (χ0n) is 16.4. The van der Waals surface area contributed by atoms with E-state index >= 15 is 0 Å². The van der Waals surface area contributed by atoms with E-state index in [0.29, 0.717) is 0 Å². The smallest absolute Gasteiger partial charge is 0.0187 e. The molecule has 1 aromatic rings. The maximum atomic E-state index is 2.54. The fraction of sp³-hybridized carbons (Fsp3) is 0.739. The lowest BCUT2D eigenvalue weighted by molar-refractivity contribution is 0.484. The SMILES string of the molecule is CC(C)SCc1cccc(CP(C2CCCCC2)C2CCCCC2)c1. The quantitative estimate of drug-likeness (QED) is 0.435. The van der Waals surface area contributed by atoms with Crippen molar-refractivity contribution in [2.75, 3.05) is 0 Å². The van der Waals surface area contributed by atoms with Gasteiger partial charge in [0, 0.05) is 5.75 Å². The molecule has 0 spiro atoms. The van der Waals surface area contributed by atoms with Crippen LogP contribution in [0.2, 0.25) is 0 Å². The van der Waals surface area contributed by atoms with Crippen LogP contribution in [0.15, 0.2) is 24.3 Å². The van der Waals surface area contributed by atoms with E-state index in [4.69, 9.17) is 0 Å². The van der Waals surface area contributed by atoms with Crippen LogP contribution in [0.3, 0.4) is 0 Å². The van der Waals surface area contributed by atoms with E-state index < -0.39 is 0 Å². The number of hydrogen-bond acceptors (Lipinski definition) is 1. The molecule has 0 aliphatic heterocycles. The Morgan fingerprint density at radius 2 is 1.44 bits per heavy atom. The van der Waals surface area contributed by atoms with E-state index in [-0.39, 0.29) is 7.92 Å². The summed E-state index contributed by atoms with van der Waals surface area (Å²) in [6, 6.07) is 9.62. The Labute approximate surface area is 161 Å². The summed E-state index contributed by atoms with van der Waals surface area (Å²) < 4.78 is 0. The minimum absolute atomic E-state index is 0.186. The molecule has 0 radical (unpaired) electrons. The van der Waals surface area contributed by atoms with Crippen LogP contribution in [-0.2, 0) is 11.9 Å². The molecule has 1 aromatic carbocycles. The molecule has 0 heterocycles. The average molecular weight is 377 g/mol. The van der Waals surface area contributed by atoms with Crippen LogP contribution in [0.5, 0.6) is 0 Å². The Morgan fingerprint density at radius 1 is 0.880 bits per heavy atom. The van der Waals surface area contributed by atoms with Crippen LogP contribution in [0.1, 0.15) is 89.2 Å². The van der Waals surface area contributed by atoms with Crippen LogP contribution in [0, 0.1) is 0 Å². The molecule has 0 bridgehead atoms. The van der Waals surface area contributed by atoms with E-state index in [1.165, 1.54) is 76.1 Å². The molecule has 2 saturated carbocycles. The second kappa shape index (κ2) is 10.4. The minimum atomic E-state index is 0.186. The largest absolute Gasteiger partial charge is 0.154 e. The van der Waals surface area contributed by atoms with Crippen molar-refractivity contribution in [2.24, 2.45) is 0 Å². The summed E-state index contributed by atoms with van der Waals surface area (Å²) >= 11 is 2.07. The summed E-state index contributed by atoms with van der Waals surface area (Å²) in [5.74, 6) is 1.18. The summed E-state index contributed by atoms with van der Waals surface area (Å²) in [7, 11) is 0.186. The number of benzene rings is 1. The van der Waals surface area contributed by atoms with Gasteiger partial charge in [0.2, 0.25) is 0 Å². The third-order valence-electron chi connectivity index (χ3n) is 6.03. The van der Waals surface area contributed by atoms with Crippen molar-refractivity contribution in [1.82, 2.24) is 0 Å². The van der Waals surface area contributed by atoms with E-state index in [1.807, 2.05) is 0 Å². The molecular formula is C23H37PS. The Bertz CT molecular complexity index is 483. The number of rotatable bonds is 7. The normalized spacial score (nSPS) is 20.5. The lowest BCUT2D eigenvalue weighted by Gasteiger charge is -2.38. The molecule has 0 N–H and O–H groups in total. The zero-order chi connectivity index (χ0) is 17.5. The Kier molecular flexibility index (Phi) is 8.19. The van der Waals surface area contributed by atoms with Crippen LogP contribution >= 0.6 is 19.7 Å². The van der Waals surface area contributed by atoms with Gasteiger partial charge in [0.05, 0.1) is 0 Å². The van der Waals surface area contributed by atoms with Gasteiger partial charge >= 0.3 is 0 Å². The molecule has 2 heteroatoms. The highest BCUT2D eigenvalue weighted by Gasteiger charge is 2.30. The van der Waals surface area contributed by atoms with Gasteiger partial charge in [0.1, 0.15) is 0 Å². The lowest BCUT2D eigenvalue weighted by atomic mass is 9.99. The highest BCUT2D eigenvalue weighted by Crippen LogP contribution is 2.57. The van der Waals surface area contributed by atoms with Gasteiger partial charge in [0.15, 0.2) is 0 Å². The van der Waals surface area contributed by atoms with E-state index in [2.05, 4.69) is 49.9 Å². The monoisotopic (exact) mass is 376 g/mol. The Balaban J connectivity index is 1.69. The zero-order valence-corrected chi connectivity index (χ0v) is 18.1. The van der Waals surface area contributed by atoms with E-state index in [1.54, 1.807) is 11.1 Å². The summed E-state index contributed by atoms with van der Waals surface area (Å²) in [5, 5.41) is 0.727. The first-order chi connectivity index (χ1) is 12.2. The molecule has 0 aromatic heterocycles. The molecule has 3 rings (SSSR count). The highest BCUT2D eigenvalue weighted by molar-refractivity contribution is 7.99. The third-order valence-corrected chi connectivity index (χ3v) is 10.8. The molecular weight excluding hydrogens is 339 g/mol. The predicted octanol–water partition coefficient (Wildman–Crippen LogP) is 7.98. The number of thioether (sulfide) groups is 1. The first kappa shape index (κ1) is 19.8. The predicted molar refractivity (Wildman–Crippen MR) is 117 cm³/mol. The molecule has 25 heavy (non-hydrogen) atoms. The van der Waals surface area contributed by atoms with Crippen LogP contribution < -0.4 is 0 Å². The first-order valence-electron chi connectivity index (χ1n) is 10.7. The van der Waals surface area contributed by atoms with Crippen molar-refractivity contribution in [2.45, 2.75) is 107 Å². The fourth-order valence-electron chi connectivity index (χ4n) is 4.67. The molecule has 0 saturated heterocycles. The van der Waals surface area contributed by atoms with Gasteiger partial charge in [0.25, 0.3) is 0 Å². The van der Waals surface area contributed by atoms with Gasteiger partial charge in [-0.1, -0.05) is 84.6 Å². The first-order valence-corrected chi connectivity index (χ1v) is 13.4. The molecule has 2 aliphatic rings. The molecule has 0 unspecified atom stereocenters. The lowest BCUT2D eigenvalue weighted by Crippen LogP contribution is -2.21. The van der Waals surface area contributed by atoms with Crippen molar-refractivity contribution in [3.05, 3.63) is 35.4 Å². The highest BCUT2D eigenvalue weighted by atomic mass is 32.2. The van der Waals surface area contributed by atoms with Gasteiger partial charge in [-0.25, -0.2) is 0 Å². The Morgan fingerprint density at radius 3 is 2.00 bits per heavy atom. The summed E-state index contributed by atoms with van der Waals surface area (Å²) in [6.07, 6.45) is 16.5. The van der Waals surface area contributed by atoms with Crippen molar-refractivity contribution >= 4 is 19.7 Å². The van der Waals surface area contributed by atoms with E-state index in [9.17, 15) is 0 Å². The minimum Gasteiger partial charge on any atom is -0.154 e. The molecule has 0 amide bonds. The fourth-order valence-corrected chi connectivity index (χ4v) is 9.17. The second-order valence-electron chi connectivity index (χ2n) is 8.44. The van der Waals surface area contributed by atoms with Crippen molar-refractivity contribution in [1.29, 1.82) is 0 Å². The van der Waals surface area contributed by atoms with Crippen molar-refractivity contribution in [3.8, 4) is 0 Å². The second-order valence-corrected chi connectivity index (χ2v) is 12.8. The van der Waals surface area contributed by atoms with Gasteiger partial charge in [-0.2, -0.15) is 11.8 Å². The molecule has 2 aliphatic carbocycles.